The number of anilines is 1. The van der Waals surface area contributed by atoms with Gasteiger partial charge in [-0.1, -0.05) is 18.2 Å². The Morgan fingerprint density at radius 2 is 2.00 bits per heavy atom. The van der Waals surface area contributed by atoms with Crippen LogP contribution < -0.4 is 4.90 Å². The van der Waals surface area contributed by atoms with Gasteiger partial charge < -0.3 is 15.0 Å². The number of benzene rings is 1. The number of amides is 2. The standard InChI is InChI=1S/C13H16N2O2.Y/c1-9(12(16)14-2)13(17)15-8-7-10-5-3-4-6-11(10)15;/h3-6,9H,7-8H2,1-2H3,(H,14,16);/p-1. The predicted molar refractivity (Wildman–Crippen MR) is 66.0 cm³/mol. The van der Waals surface area contributed by atoms with Gasteiger partial charge in [-0.05, 0) is 25.0 Å². The monoisotopic (exact) mass is 320 g/mol. The van der Waals surface area contributed by atoms with Gasteiger partial charge in [-0.25, -0.2) is 0 Å². The Bertz CT molecular complexity index is 462. The first-order valence-corrected chi connectivity index (χ1v) is 5.68. The largest absolute Gasteiger partial charge is 0.655 e. The second kappa shape index (κ2) is 6.44. The van der Waals surface area contributed by atoms with Crippen molar-refractivity contribution in [2.24, 2.45) is 5.92 Å². The fourth-order valence-corrected chi connectivity index (χ4v) is 2.10. The first-order chi connectivity index (χ1) is 8.15. The molecule has 4 nitrogen and oxygen atoms in total. The number of rotatable bonds is 2. The molecule has 1 unspecified atom stereocenters. The molecular formula is C13H15N2O2Y-. The number of hydrogen-bond donors (Lipinski definition) is 0. The summed E-state index contributed by atoms with van der Waals surface area (Å²) in [4.78, 5) is 25.2. The third-order valence-electron chi connectivity index (χ3n) is 3.11. The number of carbonyl (C=O) groups excluding carboxylic acids is 2. The molecule has 0 N–H and O–H groups in total. The Balaban J connectivity index is 0.00000162. The van der Waals surface area contributed by atoms with Crippen molar-refractivity contribution in [3.05, 3.63) is 35.1 Å². The molecule has 0 fully saturated rings. The van der Waals surface area contributed by atoms with Gasteiger partial charge in [0.1, 0.15) is 0 Å². The van der Waals surface area contributed by atoms with Gasteiger partial charge in [0, 0.05) is 44.9 Å². The zero-order valence-corrected chi connectivity index (χ0v) is 13.4. The summed E-state index contributed by atoms with van der Waals surface area (Å²) in [7, 11) is 1.42. The SMILES string of the molecule is C[N-]C(=O)C(C)C(=O)N1CCc2ccccc21.[Y]. The Hall–Kier alpha value is -0.736. The minimum atomic E-state index is -0.689. The van der Waals surface area contributed by atoms with Crippen LogP contribution in [0.4, 0.5) is 5.69 Å². The van der Waals surface area contributed by atoms with Crippen LogP contribution in [0, 0.1) is 5.92 Å². The molecule has 1 radical (unpaired) electrons. The molecule has 1 aliphatic heterocycles. The summed E-state index contributed by atoms with van der Waals surface area (Å²) >= 11 is 0. The Kier molecular flexibility index (Phi) is 5.48. The third-order valence-corrected chi connectivity index (χ3v) is 3.11. The van der Waals surface area contributed by atoms with E-state index in [9.17, 15) is 9.59 Å². The maximum absolute atomic E-state index is 12.2. The molecule has 1 aromatic rings. The normalized spacial score (nSPS) is 14.4. The van der Waals surface area contributed by atoms with Crippen molar-refractivity contribution in [3.8, 4) is 0 Å². The van der Waals surface area contributed by atoms with E-state index in [0.29, 0.717) is 6.54 Å². The number of fused-ring (bicyclic) bond motifs is 1. The van der Waals surface area contributed by atoms with Crippen LogP contribution in [0.1, 0.15) is 12.5 Å². The molecule has 2 rings (SSSR count). The third kappa shape index (κ3) is 2.81. The van der Waals surface area contributed by atoms with E-state index in [2.05, 4.69) is 5.32 Å². The van der Waals surface area contributed by atoms with Crippen LogP contribution in [0.5, 0.6) is 0 Å². The van der Waals surface area contributed by atoms with Gasteiger partial charge in [0.25, 0.3) is 0 Å². The molecule has 0 saturated carbocycles. The summed E-state index contributed by atoms with van der Waals surface area (Å²) in [5.74, 6) is -1.21. The van der Waals surface area contributed by atoms with Crippen molar-refractivity contribution in [1.82, 2.24) is 0 Å². The molecule has 5 heteroatoms. The van der Waals surface area contributed by atoms with Gasteiger partial charge >= 0.3 is 0 Å². The van der Waals surface area contributed by atoms with E-state index in [0.717, 1.165) is 17.7 Å². The minimum Gasteiger partial charge on any atom is -0.655 e. The van der Waals surface area contributed by atoms with Gasteiger partial charge in [0.05, 0.1) is 11.8 Å². The second-order valence-electron chi connectivity index (χ2n) is 4.15. The van der Waals surface area contributed by atoms with Crippen LogP contribution in [0.2, 0.25) is 0 Å². The smallest absolute Gasteiger partial charge is 0.235 e. The van der Waals surface area contributed by atoms with Gasteiger partial charge in [-0.15, -0.1) is 7.05 Å². The van der Waals surface area contributed by atoms with E-state index in [1.165, 1.54) is 7.05 Å². The summed E-state index contributed by atoms with van der Waals surface area (Å²) in [6.45, 7) is 2.26. The fraction of sp³-hybridized carbons (Fsp3) is 0.385. The van der Waals surface area contributed by atoms with Gasteiger partial charge in [0.2, 0.25) is 5.91 Å². The Morgan fingerprint density at radius 1 is 1.33 bits per heavy atom. The molecule has 0 spiro atoms. The fourth-order valence-electron chi connectivity index (χ4n) is 2.10. The molecule has 1 atom stereocenters. The zero-order chi connectivity index (χ0) is 12.4. The van der Waals surface area contributed by atoms with E-state index >= 15 is 0 Å². The van der Waals surface area contributed by atoms with E-state index in [1.807, 2.05) is 24.3 Å². The average molecular weight is 320 g/mol. The van der Waals surface area contributed by atoms with Crippen LogP contribution in [0.15, 0.2) is 24.3 Å². The van der Waals surface area contributed by atoms with Crippen molar-refractivity contribution in [2.45, 2.75) is 13.3 Å². The van der Waals surface area contributed by atoms with Crippen LogP contribution in [-0.2, 0) is 48.7 Å². The van der Waals surface area contributed by atoms with Crippen molar-refractivity contribution in [1.29, 1.82) is 0 Å². The Morgan fingerprint density at radius 3 is 2.67 bits per heavy atom. The number of nitrogens with zero attached hydrogens (tertiary/aromatic N) is 2. The zero-order valence-electron chi connectivity index (χ0n) is 10.6. The first-order valence-electron chi connectivity index (χ1n) is 5.68. The number of hydrogen-bond acceptors (Lipinski definition) is 2. The van der Waals surface area contributed by atoms with Crippen LogP contribution in [-0.4, -0.2) is 25.4 Å². The summed E-state index contributed by atoms with van der Waals surface area (Å²) in [5, 5.41) is 3.55. The summed E-state index contributed by atoms with van der Waals surface area (Å²) < 4.78 is 0. The van der Waals surface area contributed by atoms with E-state index in [4.69, 9.17) is 0 Å². The molecule has 0 bridgehead atoms. The van der Waals surface area contributed by atoms with Crippen LogP contribution >= 0.6 is 0 Å². The minimum absolute atomic E-state index is 0. The van der Waals surface area contributed by atoms with Crippen molar-refractivity contribution >= 4 is 17.5 Å². The number of para-hydroxylation sites is 1. The maximum atomic E-state index is 12.2. The molecule has 93 valence electrons. The van der Waals surface area contributed by atoms with Crippen LogP contribution in [0.3, 0.4) is 0 Å². The number of carbonyl (C=O) groups is 2. The van der Waals surface area contributed by atoms with Crippen LogP contribution in [0.25, 0.3) is 5.32 Å². The van der Waals surface area contributed by atoms with Gasteiger partial charge in [-0.3, -0.25) is 4.79 Å². The summed E-state index contributed by atoms with van der Waals surface area (Å²) in [5.41, 5.74) is 2.09. The Labute approximate surface area is 132 Å². The molecule has 0 aromatic heterocycles. The molecule has 18 heavy (non-hydrogen) atoms. The van der Waals surface area contributed by atoms with E-state index in [-0.39, 0.29) is 44.5 Å². The van der Waals surface area contributed by atoms with Crippen molar-refractivity contribution in [2.75, 3.05) is 18.5 Å². The molecule has 1 aromatic carbocycles. The van der Waals surface area contributed by atoms with Gasteiger partial charge in [0.15, 0.2) is 0 Å². The molecule has 0 saturated heterocycles. The molecule has 2 amide bonds. The average Bonchev–Trinajstić information content (AvgIpc) is 2.79. The second-order valence-corrected chi connectivity index (χ2v) is 4.15. The maximum Gasteiger partial charge on any atom is 0.235 e. The van der Waals surface area contributed by atoms with Gasteiger partial charge in [-0.2, -0.15) is 0 Å². The first kappa shape index (κ1) is 15.3. The molecule has 1 aliphatic rings. The molecular weight excluding hydrogens is 305 g/mol. The molecule has 0 aliphatic carbocycles. The summed E-state index contributed by atoms with van der Waals surface area (Å²) in [6.07, 6.45) is 0.853. The van der Waals surface area contributed by atoms with E-state index in [1.54, 1.807) is 11.8 Å². The topological polar surface area (TPSA) is 51.5 Å². The summed E-state index contributed by atoms with van der Waals surface area (Å²) in [6, 6.07) is 7.80. The molecule has 1 heterocycles. The predicted octanol–water partition coefficient (Wildman–Crippen LogP) is 1.74. The van der Waals surface area contributed by atoms with Crippen molar-refractivity contribution in [3.63, 3.8) is 0 Å². The quantitative estimate of drug-likeness (QED) is 0.780. The van der Waals surface area contributed by atoms with E-state index < -0.39 is 5.92 Å². The van der Waals surface area contributed by atoms with Crippen molar-refractivity contribution < 1.29 is 42.3 Å².